The van der Waals surface area contributed by atoms with Crippen molar-refractivity contribution >= 4 is 0 Å². The molecule has 140 valence electrons. The highest BCUT2D eigenvalue weighted by Crippen LogP contribution is 2.32. The molecule has 0 radical (unpaired) electrons. The molecule has 2 aromatic rings. The average molecular weight is 362 g/mol. The van der Waals surface area contributed by atoms with Crippen LogP contribution in [0.1, 0.15) is 48.8 Å². The standard InChI is InChI=1S/C21H24F2O3/c1-3-5-14-12-25-21(26-13-14)16-10-8-15(9-11-16)20(24-2)19-17(22)6-4-7-18(19)23/h4,6-11,14,20-21H,3,5,12-13H2,1-2H3/t14-,20?,21-. The molecule has 1 heterocycles. The first-order valence-electron chi connectivity index (χ1n) is 8.93. The van der Waals surface area contributed by atoms with E-state index in [4.69, 9.17) is 14.2 Å². The third-order valence-electron chi connectivity index (χ3n) is 4.67. The first kappa shape index (κ1) is 19.0. The Balaban J connectivity index is 1.74. The van der Waals surface area contributed by atoms with E-state index in [0.717, 1.165) is 18.4 Å². The summed E-state index contributed by atoms with van der Waals surface area (Å²) in [7, 11) is 1.44. The number of rotatable bonds is 6. The Morgan fingerprint density at radius 1 is 1.04 bits per heavy atom. The summed E-state index contributed by atoms with van der Waals surface area (Å²) in [6, 6.07) is 11.1. The van der Waals surface area contributed by atoms with Gasteiger partial charge in [0.1, 0.15) is 17.7 Å². The van der Waals surface area contributed by atoms with Gasteiger partial charge in [0, 0.05) is 18.6 Å². The zero-order valence-electron chi connectivity index (χ0n) is 15.1. The maximum atomic E-state index is 14.1. The van der Waals surface area contributed by atoms with Crippen LogP contribution in [-0.2, 0) is 14.2 Å². The largest absolute Gasteiger partial charge is 0.372 e. The van der Waals surface area contributed by atoms with Gasteiger partial charge in [0.2, 0.25) is 0 Å². The second-order valence-corrected chi connectivity index (χ2v) is 6.57. The van der Waals surface area contributed by atoms with Gasteiger partial charge >= 0.3 is 0 Å². The van der Waals surface area contributed by atoms with Crippen LogP contribution >= 0.6 is 0 Å². The molecule has 0 bridgehead atoms. The van der Waals surface area contributed by atoms with Crippen molar-refractivity contribution < 1.29 is 23.0 Å². The quantitative estimate of drug-likeness (QED) is 0.710. The lowest BCUT2D eigenvalue weighted by Crippen LogP contribution is -2.27. The van der Waals surface area contributed by atoms with Gasteiger partial charge < -0.3 is 14.2 Å². The van der Waals surface area contributed by atoms with Gasteiger partial charge in [-0.1, -0.05) is 43.7 Å². The molecule has 0 saturated carbocycles. The molecule has 2 aromatic carbocycles. The minimum atomic E-state index is -0.813. The van der Waals surface area contributed by atoms with Crippen LogP contribution in [0.4, 0.5) is 8.78 Å². The van der Waals surface area contributed by atoms with Crippen LogP contribution in [0.5, 0.6) is 0 Å². The molecule has 1 aliphatic heterocycles. The number of ether oxygens (including phenoxy) is 3. The van der Waals surface area contributed by atoms with Crippen LogP contribution in [0.25, 0.3) is 0 Å². The number of halogens is 2. The fraction of sp³-hybridized carbons (Fsp3) is 0.429. The highest BCUT2D eigenvalue weighted by Gasteiger charge is 2.25. The highest BCUT2D eigenvalue weighted by atomic mass is 19.1. The first-order chi connectivity index (χ1) is 12.6. The van der Waals surface area contributed by atoms with E-state index in [1.165, 1.54) is 25.3 Å². The molecule has 0 amide bonds. The van der Waals surface area contributed by atoms with Crippen molar-refractivity contribution in [3.8, 4) is 0 Å². The molecule has 0 N–H and O–H groups in total. The summed E-state index contributed by atoms with van der Waals surface area (Å²) in [5.74, 6) is -0.805. The van der Waals surface area contributed by atoms with Gasteiger partial charge in [0.25, 0.3) is 0 Å². The predicted octanol–water partition coefficient (Wildman–Crippen LogP) is 5.16. The molecule has 0 aliphatic carbocycles. The molecule has 0 spiro atoms. The number of methoxy groups -OCH3 is 1. The van der Waals surface area contributed by atoms with E-state index in [2.05, 4.69) is 6.92 Å². The third-order valence-corrected chi connectivity index (χ3v) is 4.67. The molecule has 0 aromatic heterocycles. The van der Waals surface area contributed by atoms with Crippen LogP contribution in [0.3, 0.4) is 0 Å². The number of benzene rings is 2. The third kappa shape index (κ3) is 4.11. The van der Waals surface area contributed by atoms with Gasteiger partial charge in [0.15, 0.2) is 6.29 Å². The fourth-order valence-corrected chi connectivity index (χ4v) is 3.32. The van der Waals surface area contributed by atoms with E-state index in [1.807, 2.05) is 12.1 Å². The monoisotopic (exact) mass is 362 g/mol. The van der Waals surface area contributed by atoms with E-state index < -0.39 is 24.0 Å². The van der Waals surface area contributed by atoms with Crippen LogP contribution in [0.15, 0.2) is 42.5 Å². The zero-order valence-corrected chi connectivity index (χ0v) is 15.1. The Morgan fingerprint density at radius 3 is 2.19 bits per heavy atom. The van der Waals surface area contributed by atoms with Crippen LogP contribution in [-0.4, -0.2) is 20.3 Å². The number of hydrogen-bond acceptors (Lipinski definition) is 3. The van der Waals surface area contributed by atoms with Crippen molar-refractivity contribution in [2.75, 3.05) is 20.3 Å². The molecule has 5 heteroatoms. The molecule has 1 saturated heterocycles. The summed E-state index contributed by atoms with van der Waals surface area (Å²) in [5, 5.41) is 0. The molecular weight excluding hydrogens is 338 g/mol. The summed E-state index contributed by atoms with van der Waals surface area (Å²) < 4.78 is 45.1. The highest BCUT2D eigenvalue weighted by molar-refractivity contribution is 5.34. The lowest BCUT2D eigenvalue weighted by atomic mass is 9.98. The van der Waals surface area contributed by atoms with Gasteiger partial charge in [-0.15, -0.1) is 0 Å². The molecule has 3 nitrogen and oxygen atoms in total. The van der Waals surface area contributed by atoms with Crippen molar-refractivity contribution in [3.05, 3.63) is 70.8 Å². The summed E-state index contributed by atoms with van der Waals surface area (Å²) in [5.41, 5.74) is 1.46. The summed E-state index contributed by atoms with van der Waals surface area (Å²) >= 11 is 0. The van der Waals surface area contributed by atoms with E-state index in [-0.39, 0.29) is 5.56 Å². The maximum Gasteiger partial charge on any atom is 0.183 e. The zero-order chi connectivity index (χ0) is 18.5. The summed E-state index contributed by atoms with van der Waals surface area (Å²) in [6.45, 7) is 3.51. The molecule has 1 atom stereocenters. The molecule has 1 unspecified atom stereocenters. The maximum absolute atomic E-state index is 14.1. The first-order valence-corrected chi connectivity index (χ1v) is 8.93. The Labute approximate surface area is 152 Å². The second-order valence-electron chi connectivity index (χ2n) is 6.57. The fourth-order valence-electron chi connectivity index (χ4n) is 3.32. The Hall–Kier alpha value is -1.82. The minimum absolute atomic E-state index is 0.0877. The minimum Gasteiger partial charge on any atom is -0.372 e. The van der Waals surface area contributed by atoms with E-state index in [9.17, 15) is 8.78 Å². The summed E-state index contributed by atoms with van der Waals surface area (Å²) in [6.07, 6.45) is 0.993. The Kier molecular flexibility index (Phi) is 6.35. The molecule has 1 fully saturated rings. The second kappa shape index (κ2) is 8.71. The van der Waals surface area contributed by atoms with Gasteiger partial charge in [-0.25, -0.2) is 8.78 Å². The molecular formula is C21H24F2O3. The Morgan fingerprint density at radius 2 is 1.65 bits per heavy atom. The van der Waals surface area contributed by atoms with Crippen LogP contribution in [0, 0.1) is 17.6 Å². The van der Waals surface area contributed by atoms with Gasteiger partial charge in [0.05, 0.1) is 18.8 Å². The van der Waals surface area contributed by atoms with E-state index in [0.29, 0.717) is 24.7 Å². The lowest BCUT2D eigenvalue weighted by Gasteiger charge is -2.29. The van der Waals surface area contributed by atoms with Crippen molar-refractivity contribution in [2.45, 2.75) is 32.2 Å². The average Bonchev–Trinajstić information content (AvgIpc) is 2.66. The van der Waals surface area contributed by atoms with Crippen molar-refractivity contribution in [1.29, 1.82) is 0 Å². The van der Waals surface area contributed by atoms with Crippen molar-refractivity contribution in [3.63, 3.8) is 0 Å². The predicted molar refractivity (Wildman–Crippen MR) is 94.7 cm³/mol. The van der Waals surface area contributed by atoms with Crippen molar-refractivity contribution in [2.24, 2.45) is 5.92 Å². The topological polar surface area (TPSA) is 27.7 Å². The SMILES string of the molecule is CCC[C@H]1CO[C@H](c2ccc(C(OC)c3c(F)cccc3F)cc2)OC1. The van der Waals surface area contributed by atoms with Crippen LogP contribution in [0.2, 0.25) is 0 Å². The van der Waals surface area contributed by atoms with Crippen molar-refractivity contribution in [1.82, 2.24) is 0 Å². The van der Waals surface area contributed by atoms with Gasteiger partial charge in [-0.05, 0) is 24.1 Å². The molecule has 1 aliphatic rings. The Bertz CT molecular complexity index is 689. The van der Waals surface area contributed by atoms with Gasteiger partial charge in [-0.3, -0.25) is 0 Å². The van der Waals surface area contributed by atoms with Crippen LogP contribution < -0.4 is 0 Å². The lowest BCUT2D eigenvalue weighted by molar-refractivity contribution is -0.206. The normalized spacial score (nSPS) is 21.5. The van der Waals surface area contributed by atoms with Gasteiger partial charge in [-0.2, -0.15) is 0 Å². The molecule has 3 rings (SSSR count). The van der Waals surface area contributed by atoms with E-state index >= 15 is 0 Å². The summed E-state index contributed by atoms with van der Waals surface area (Å²) in [4.78, 5) is 0. The smallest absolute Gasteiger partial charge is 0.183 e. The molecule has 26 heavy (non-hydrogen) atoms. The number of hydrogen-bond donors (Lipinski definition) is 0. The van der Waals surface area contributed by atoms with E-state index in [1.54, 1.807) is 12.1 Å².